The van der Waals surface area contributed by atoms with Crippen LogP contribution in [0.15, 0.2) is 109 Å². The van der Waals surface area contributed by atoms with Crippen LogP contribution in [0.25, 0.3) is 32.6 Å². The van der Waals surface area contributed by atoms with E-state index in [9.17, 15) is 0 Å². The van der Waals surface area contributed by atoms with Gasteiger partial charge in [0.1, 0.15) is 0 Å². The van der Waals surface area contributed by atoms with Gasteiger partial charge < -0.3 is 9.13 Å². The summed E-state index contributed by atoms with van der Waals surface area (Å²) in [5.41, 5.74) is 4.86. The Bertz CT molecular complexity index is 1530. The molecule has 0 aliphatic rings. The highest BCUT2D eigenvalue weighted by Crippen LogP contribution is 2.24. The third kappa shape index (κ3) is 3.31. The summed E-state index contributed by atoms with van der Waals surface area (Å²) in [6.07, 6.45) is 0. The second-order valence-electron chi connectivity index (χ2n) is 8.31. The molecule has 0 fully saturated rings. The Hall–Kier alpha value is -3.69. The maximum atomic E-state index is 6.01. The Morgan fingerprint density at radius 2 is 0.875 bits per heavy atom. The average molecular weight is 431 g/mol. The van der Waals surface area contributed by atoms with Crippen molar-refractivity contribution in [1.82, 2.24) is 9.13 Å². The molecule has 0 spiro atoms. The van der Waals surface area contributed by atoms with Crippen molar-refractivity contribution in [2.24, 2.45) is 0 Å². The van der Waals surface area contributed by atoms with E-state index >= 15 is 0 Å². The molecule has 0 aliphatic heterocycles. The first kappa shape index (κ1) is 19.0. The lowest BCUT2D eigenvalue weighted by Gasteiger charge is -2.08. The summed E-state index contributed by atoms with van der Waals surface area (Å²) in [6.45, 7) is 1.52. The molecule has 1 aromatic heterocycles. The SMILES string of the molecule is S=c1n(Cc2ccc3ccccc3c2)c2ccccc2n1Cc1ccc2ccccc2c1. The van der Waals surface area contributed by atoms with Crippen molar-refractivity contribution in [3.8, 4) is 0 Å². The third-order valence-corrected chi connectivity index (χ3v) is 6.68. The van der Waals surface area contributed by atoms with Crippen molar-refractivity contribution in [2.75, 3.05) is 0 Å². The van der Waals surface area contributed by atoms with Gasteiger partial charge in [-0.15, -0.1) is 0 Å². The Morgan fingerprint density at radius 1 is 0.469 bits per heavy atom. The summed E-state index contributed by atoms with van der Waals surface area (Å²) < 4.78 is 5.37. The highest BCUT2D eigenvalue weighted by atomic mass is 32.1. The van der Waals surface area contributed by atoms with E-state index in [1.807, 2.05) is 0 Å². The molecule has 0 N–H and O–H groups in total. The van der Waals surface area contributed by atoms with Gasteiger partial charge in [0, 0.05) is 0 Å². The van der Waals surface area contributed by atoms with Gasteiger partial charge in [-0.25, -0.2) is 0 Å². The van der Waals surface area contributed by atoms with Gasteiger partial charge in [0.25, 0.3) is 0 Å². The summed E-state index contributed by atoms with van der Waals surface area (Å²) in [5, 5.41) is 5.05. The van der Waals surface area contributed by atoms with E-state index in [0.29, 0.717) is 0 Å². The monoisotopic (exact) mass is 430 g/mol. The topological polar surface area (TPSA) is 9.86 Å². The number of benzene rings is 5. The van der Waals surface area contributed by atoms with Gasteiger partial charge in [-0.05, 0) is 69.2 Å². The fourth-order valence-electron chi connectivity index (χ4n) is 4.62. The number of hydrogen-bond donors (Lipinski definition) is 0. The number of rotatable bonds is 4. The fourth-order valence-corrected chi connectivity index (χ4v) is 4.94. The molecule has 2 nitrogen and oxygen atoms in total. The molecule has 6 rings (SSSR count). The van der Waals surface area contributed by atoms with Gasteiger partial charge in [-0.1, -0.05) is 84.9 Å². The molecule has 154 valence electrons. The van der Waals surface area contributed by atoms with Crippen LogP contribution in [0, 0.1) is 4.77 Å². The number of para-hydroxylation sites is 2. The van der Waals surface area contributed by atoms with Gasteiger partial charge >= 0.3 is 0 Å². The highest BCUT2D eigenvalue weighted by Gasteiger charge is 2.12. The largest absolute Gasteiger partial charge is 0.312 e. The Labute approximate surface area is 192 Å². The minimum atomic E-state index is 0.759. The number of hydrogen-bond acceptors (Lipinski definition) is 1. The number of imidazole rings is 1. The lowest BCUT2D eigenvalue weighted by molar-refractivity contribution is 0.731. The standard InChI is InChI=1S/C29H22N2S/c32-29-30(19-21-13-15-23-7-1-3-9-25(23)17-21)27-11-5-6-12-28(27)31(29)20-22-14-16-24-8-2-4-10-26(24)18-22/h1-18H,19-20H2. The lowest BCUT2D eigenvalue weighted by Crippen LogP contribution is -2.04. The van der Waals surface area contributed by atoms with Crippen LogP contribution < -0.4 is 0 Å². The van der Waals surface area contributed by atoms with Crippen LogP contribution in [-0.2, 0) is 13.1 Å². The smallest absolute Gasteiger partial charge is 0.181 e. The van der Waals surface area contributed by atoms with Crippen molar-refractivity contribution in [3.63, 3.8) is 0 Å². The van der Waals surface area contributed by atoms with E-state index in [1.54, 1.807) is 0 Å². The molecule has 1 heterocycles. The van der Waals surface area contributed by atoms with Crippen LogP contribution in [0.3, 0.4) is 0 Å². The molecule has 0 radical (unpaired) electrons. The molecule has 0 amide bonds. The van der Waals surface area contributed by atoms with Crippen molar-refractivity contribution >= 4 is 44.8 Å². The van der Waals surface area contributed by atoms with Crippen LogP contribution in [0.2, 0.25) is 0 Å². The molecule has 32 heavy (non-hydrogen) atoms. The van der Waals surface area contributed by atoms with Crippen molar-refractivity contribution in [3.05, 3.63) is 125 Å². The number of fused-ring (bicyclic) bond motifs is 3. The minimum absolute atomic E-state index is 0.759. The van der Waals surface area contributed by atoms with Gasteiger partial charge in [0.2, 0.25) is 0 Å². The molecular formula is C29H22N2S. The second-order valence-corrected chi connectivity index (χ2v) is 8.67. The van der Waals surface area contributed by atoms with E-state index in [2.05, 4.69) is 118 Å². The Morgan fingerprint density at radius 3 is 1.34 bits per heavy atom. The fraction of sp³-hybridized carbons (Fsp3) is 0.0690. The van der Waals surface area contributed by atoms with Gasteiger partial charge in [-0.2, -0.15) is 0 Å². The molecule has 0 atom stereocenters. The van der Waals surface area contributed by atoms with E-state index in [-0.39, 0.29) is 0 Å². The summed E-state index contributed by atoms with van der Waals surface area (Å²) >= 11 is 6.01. The summed E-state index contributed by atoms with van der Waals surface area (Å²) in [6, 6.07) is 38.9. The molecule has 6 aromatic rings. The van der Waals surface area contributed by atoms with E-state index in [0.717, 1.165) is 17.9 Å². The molecule has 0 aliphatic carbocycles. The first-order valence-corrected chi connectivity index (χ1v) is 11.3. The number of aromatic nitrogens is 2. The average Bonchev–Trinajstić information content (AvgIpc) is 3.10. The molecule has 0 unspecified atom stereocenters. The van der Waals surface area contributed by atoms with Gasteiger partial charge in [0.15, 0.2) is 4.77 Å². The molecule has 3 heteroatoms. The Balaban J connectivity index is 1.43. The van der Waals surface area contributed by atoms with Crippen LogP contribution in [0.1, 0.15) is 11.1 Å². The van der Waals surface area contributed by atoms with E-state index < -0.39 is 0 Å². The number of nitrogens with zero attached hydrogens (tertiary/aromatic N) is 2. The maximum Gasteiger partial charge on any atom is 0.181 e. The lowest BCUT2D eigenvalue weighted by atomic mass is 10.1. The first-order valence-electron chi connectivity index (χ1n) is 10.9. The third-order valence-electron chi connectivity index (χ3n) is 6.23. The van der Waals surface area contributed by atoms with Crippen molar-refractivity contribution in [1.29, 1.82) is 0 Å². The second kappa shape index (κ2) is 7.77. The van der Waals surface area contributed by atoms with E-state index in [4.69, 9.17) is 12.2 Å². The van der Waals surface area contributed by atoms with Gasteiger partial charge in [-0.3, -0.25) is 0 Å². The van der Waals surface area contributed by atoms with Crippen LogP contribution >= 0.6 is 12.2 Å². The maximum absolute atomic E-state index is 6.01. The first-order chi connectivity index (χ1) is 15.8. The molecule has 5 aromatic carbocycles. The summed E-state index contributed by atoms with van der Waals surface area (Å²) in [4.78, 5) is 0. The van der Waals surface area contributed by atoms with E-state index in [1.165, 1.54) is 43.7 Å². The van der Waals surface area contributed by atoms with Crippen molar-refractivity contribution in [2.45, 2.75) is 13.1 Å². The zero-order valence-electron chi connectivity index (χ0n) is 17.6. The predicted molar refractivity (Wildman–Crippen MR) is 137 cm³/mol. The summed E-state index contributed by atoms with van der Waals surface area (Å²) in [5.74, 6) is 0. The van der Waals surface area contributed by atoms with Crippen LogP contribution in [-0.4, -0.2) is 9.13 Å². The highest BCUT2D eigenvalue weighted by molar-refractivity contribution is 7.71. The van der Waals surface area contributed by atoms with Crippen LogP contribution in [0.5, 0.6) is 0 Å². The minimum Gasteiger partial charge on any atom is -0.312 e. The normalized spacial score (nSPS) is 11.5. The predicted octanol–water partition coefficient (Wildman–Crippen LogP) is 7.58. The zero-order chi connectivity index (χ0) is 21.5. The molecule has 0 saturated heterocycles. The molecular weight excluding hydrogens is 408 g/mol. The Kier molecular flexibility index (Phi) is 4.62. The molecule has 0 bridgehead atoms. The van der Waals surface area contributed by atoms with Gasteiger partial charge in [0.05, 0.1) is 24.1 Å². The molecule has 0 saturated carbocycles. The van der Waals surface area contributed by atoms with Crippen LogP contribution in [0.4, 0.5) is 0 Å². The summed E-state index contributed by atoms with van der Waals surface area (Å²) in [7, 11) is 0. The zero-order valence-corrected chi connectivity index (χ0v) is 18.4. The quantitative estimate of drug-likeness (QED) is 0.262. The van der Waals surface area contributed by atoms with Crippen molar-refractivity contribution < 1.29 is 0 Å².